The van der Waals surface area contributed by atoms with Crippen LogP contribution in [0, 0.1) is 6.07 Å². The number of ketones is 1. The molecule has 0 unspecified atom stereocenters. The van der Waals surface area contributed by atoms with Gasteiger partial charge in [-0.2, -0.15) is 18.2 Å². The van der Waals surface area contributed by atoms with E-state index in [1.165, 1.54) is 36.3 Å². The van der Waals surface area contributed by atoms with Crippen molar-refractivity contribution in [3.05, 3.63) is 90.3 Å². The van der Waals surface area contributed by atoms with Crippen LogP contribution < -0.4 is 4.74 Å². The Balaban J connectivity index is 0.000000398. The predicted molar refractivity (Wildman–Crippen MR) is 126 cm³/mol. The van der Waals surface area contributed by atoms with Crippen LogP contribution in [0.15, 0.2) is 78.7 Å². The number of aliphatic hydroxyl groups excluding tert-OH is 1. The van der Waals surface area contributed by atoms with Crippen molar-refractivity contribution in [3.63, 3.8) is 0 Å². The van der Waals surface area contributed by atoms with E-state index in [0.717, 1.165) is 10.8 Å². The molecule has 32 heavy (non-hydrogen) atoms. The summed E-state index contributed by atoms with van der Waals surface area (Å²) < 4.78 is 5.85. The molecule has 3 aromatic carbocycles. The molecule has 0 aliphatic heterocycles. The van der Waals surface area contributed by atoms with E-state index in [9.17, 15) is 4.79 Å². The predicted octanol–water partition coefficient (Wildman–Crippen LogP) is 7.14. The molecule has 4 nitrogen and oxygen atoms in total. The first-order chi connectivity index (χ1) is 14.8. The monoisotopic (exact) mass is 605 g/mol. The maximum absolute atomic E-state index is 10.0. The van der Waals surface area contributed by atoms with Crippen molar-refractivity contribution in [2.24, 2.45) is 0 Å². The van der Waals surface area contributed by atoms with Crippen molar-refractivity contribution in [3.8, 4) is 11.6 Å². The number of rotatable bonds is 4. The number of allylic oxidation sites excluding steroid dienone is 2. The SMILES string of the molecule is CC(=O)/C=C(/C)O.CC(C)c1ccc2ccc3cnc(Oc4[c-]cccc4)cc3c2c1.[Ir]. The zero-order valence-electron chi connectivity index (χ0n) is 18.5. The third kappa shape index (κ3) is 6.74. The zero-order valence-corrected chi connectivity index (χ0v) is 20.9. The van der Waals surface area contributed by atoms with Crippen LogP contribution in [0.2, 0.25) is 0 Å². The molecule has 0 saturated heterocycles. The Hall–Kier alpha value is -3.01. The van der Waals surface area contributed by atoms with Gasteiger partial charge in [-0.15, -0.1) is 12.1 Å². The van der Waals surface area contributed by atoms with E-state index in [-0.39, 0.29) is 31.6 Å². The van der Waals surface area contributed by atoms with Crippen LogP contribution in [0.1, 0.15) is 39.2 Å². The summed E-state index contributed by atoms with van der Waals surface area (Å²) in [5.74, 6) is 1.70. The molecule has 4 aromatic rings. The molecule has 0 fully saturated rings. The van der Waals surface area contributed by atoms with Crippen molar-refractivity contribution in [1.82, 2.24) is 4.98 Å². The van der Waals surface area contributed by atoms with E-state index < -0.39 is 0 Å². The Labute approximate surface area is 202 Å². The van der Waals surface area contributed by atoms with E-state index in [1.54, 1.807) is 0 Å². The minimum absolute atomic E-state index is 0. The van der Waals surface area contributed by atoms with Gasteiger partial charge in [0.05, 0.1) is 5.76 Å². The molecule has 1 heterocycles. The van der Waals surface area contributed by atoms with Gasteiger partial charge < -0.3 is 9.84 Å². The quantitative estimate of drug-likeness (QED) is 0.116. The number of ether oxygens (including phenoxy) is 1. The van der Waals surface area contributed by atoms with Gasteiger partial charge in [0.2, 0.25) is 5.88 Å². The first kappa shape index (κ1) is 25.3. The first-order valence-electron chi connectivity index (χ1n) is 10.2. The molecule has 0 spiro atoms. The number of hydrogen-bond donors (Lipinski definition) is 1. The largest absolute Gasteiger partial charge is 0.512 e. The number of carbonyl (C=O) groups excluding carboxylic acids is 1. The Kier molecular flexibility index (Phi) is 9.13. The normalized spacial score (nSPS) is 11.0. The van der Waals surface area contributed by atoms with Crippen molar-refractivity contribution in [2.75, 3.05) is 0 Å². The fraction of sp³-hybridized carbons (Fsp3) is 0.185. The van der Waals surface area contributed by atoms with Crippen LogP contribution in [-0.4, -0.2) is 15.9 Å². The summed E-state index contributed by atoms with van der Waals surface area (Å²) in [5.41, 5.74) is 1.34. The van der Waals surface area contributed by atoms with Gasteiger partial charge in [0, 0.05) is 49.6 Å². The molecule has 1 radical (unpaired) electrons. The molecule has 1 N–H and O–H groups in total. The van der Waals surface area contributed by atoms with Crippen molar-refractivity contribution >= 4 is 27.3 Å². The van der Waals surface area contributed by atoms with Crippen LogP contribution >= 0.6 is 0 Å². The second kappa shape index (κ2) is 11.6. The number of aliphatic hydroxyl groups is 1. The van der Waals surface area contributed by atoms with Gasteiger partial charge in [-0.05, 0) is 41.5 Å². The second-order valence-corrected chi connectivity index (χ2v) is 7.67. The minimum Gasteiger partial charge on any atom is -0.512 e. The molecule has 0 amide bonds. The number of para-hydroxylation sites is 1. The minimum atomic E-state index is -0.125. The number of fused-ring (bicyclic) bond motifs is 3. The van der Waals surface area contributed by atoms with Gasteiger partial charge in [-0.3, -0.25) is 4.79 Å². The number of pyridine rings is 1. The fourth-order valence-corrected chi connectivity index (χ4v) is 3.21. The van der Waals surface area contributed by atoms with Gasteiger partial charge in [0.15, 0.2) is 5.78 Å². The topological polar surface area (TPSA) is 59.4 Å². The van der Waals surface area contributed by atoms with Crippen LogP contribution in [-0.2, 0) is 24.9 Å². The van der Waals surface area contributed by atoms with Crippen molar-refractivity contribution < 1.29 is 34.7 Å². The van der Waals surface area contributed by atoms with E-state index in [4.69, 9.17) is 9.84 Å². The molecule has 0 saturated carbocycles. The van der Waals surface area contributed by atoms with Crippen LogP contribution in [0.3, 0.4) is 0 Å². The Bertz CT molecular complexity index is 1230. The van der Waals surface area contributed by atoms with Crippen LogP contribution in [0.25, 0.3) is 21.5 Å². The third-order valence-electron chi connectivity index (χ3n) is 4.69. The van der Waals surface area contributed by atoms with Gasteiger partial charge >= 0.3 is 0 Å². The maximum atomic E-state index is 10.0. The van der Waals surface area contributed by atoms with Gasteiger partial charge in [-0.25, -0.2) is 4.98 Å². The number of hydrogen-bond acceptors (Lipinski definition) is 4. The molecule has 1 aromatic heterocycles. The molecule has 167 valence electrons. The molecular weight excluding hydrogens is 579 g/mol. The number of carbonyl (C=O) groups is 1. The smallest absolute Gasteiger partial charge is 0.217 e. The number of aromatic nitrogens is 1. The summed E-state index contributed by atoms with van der Waals surface area (Å²) >= 11 is 0. The molecule has 0 aliphatic rings. The van der Waals surface area contributed by atoms with E-state index in [2.05, 4.69) is 55.2 Å². The molecule has 0 atom stereocenters. The zero-order chi connectivity index (χ0) is 22.4. The molecule has 0 aliphatic carbocycles. The summed E-state index contributed by atoms with van der Waals surface area (Å²) in [6, 6.07) is 23.6. The Morgan fingerprint density at radius 1 is 1.03 bits per heavy atom. The van der Waals surface area contributed by atoms with E-state index in [1.807, 2.05) is 36.5 Å². The summed E-state index contributed by atoms with van der Waals surface area (Å²) in [5, 5.41) is 13.1. The molecular formula is C27H26IrNO3-. The maximum Gasteiger partial charge on any atom is 0.217 e. The third-order valence-corrected chi connectivity index (χ3v) is 4.69. The van der Waals surface area contributed by atoms with Crippen molar-refractivity contribution in [1.29, 1.82) is 0 Å². The van der Waals surface area contributed by atoms with E-state index in [0.29, 0.717) is 17.5 Å². The molecule has 0 bridgehead atoms. The average molecular weight is 605 g/mol. The summed E-state index contributed by atoms with van der Waals surface area (Å²) in [7, 11) is 0. The number of nitrogens with zero attached hydrogens (tertiary/aromatic N) is 1. The Morgan fingerprint density at radius 3 is 2.31 bits per heavy atom. The average Bonchev–Trinajstić information content (AvgIpc) is 2.73. The van der Waals surface area contributed by atoms with Gasteiger partial charge in [0.1, 0.15) is 0 Å². The van der Waals surface area contributed by atoms with Crippen LogP contribution in [0.4, 0.5) is 0 Å². The summed E-state index contributed by atoms with van der Waals surface area (Å²) in [6.07, 6.45) is 3.04. The number of benzene rings is 3. The standard InChI is InChI=1S/C22H18NO.C5H8O2.Ir/c1-15(2)17-10-8-16-9-11-18-14-23-22(13-21(18)20(16)12-17)24-19-6-4-3-5-7-19;1-4(6)3-5(2)7;/h3-6,8-15H,1-2H3;3,6H,1-2H3;/q-1;;/b;4-3-;. The van der Waals surface area contributed by atoms with Crippen LogP contribution in [0.5, 0.6) is 11.6 Å². The van der Waals surface area contributed by atoms with E-state index >= 15 is 0 Å². The van der Waals surface area contributed by atoms with Crippen molar-refractivity contribution in [2.45, 2.75) is 33.6 Å². The fourth-order valence-electron chi connectivity index (χ4n) is 3.21. The summed E-state index contributed by atoms with van der Waals surface area (Å²) in [6.45, 7) is 7.28. The second-order valence-electron chi connectivity index (χ2n) is 7.67. The Morgan fingerprint density at radius 2 is 1.72 bits per heavy atom. The van der Waals surface area contributed by atoms with Gasteiger partial charge in [-0.1, -0.05) is 44.2 Å². The summed E-state index contributed by atoms with van der Waals surface area (Å²) in [4.78, 5) is 14.4. The molecule has 5 heteroatoms. The first-order valence-corrected chi connectivity index (χ1v) is 10.2. The molecule has 4 rings (SSSR count). The van der Waals surface area contributed by atoms with Gasteiger partial charge in [0.25, 0.3) is 0 Å².